The number of hydrogen-bond acceptors (Lipinski definition) is 1. The summed E-state index contributed by atoms with van der Waals surface area (Å²) >= 11 is 6.80. The molecule has 0 aromatic carbocycles. The van der Waals surface area contributed by atoms with Gasteiger partial charge in [0.2, 0.25) is 0 Å². The summed E-state index contributed by atoms with van der Waals surface area (Å²) in [5.41, 5.74) is 3.40. The number of allylic oxidation sites excluding steroid dienone is 4. The second kappa shape index (κ2) is 4.72. The first-order chi connectivity index (χ1) is 10.3. The van der Waals surface area contributed by atoms with E-state index in [9.17, 15) is 4.79 Å². The van der Waals surface area contributed by atoms with E-state index < -0.39 is 0 Å². The highest BCUT2D eigenvalue weighted by molar-refractivity contribution is 6.23. The zero-order valence-electron chi connectivity index (χ0n) is 14.0. The Hall–Kier alpha value is -0.560. The summed E-state index contributed by atoms with van der Waals surface area (Å²) in [7, 11) is 0. The molecule has 4 aliphatic rings. The van der Waals surface area contributed by atoms with Crippen LogP contribution in [-0.4, -0.2) is 11.2 Å². The summed E-state index contributed by atoms with van der Waals surface area (Å²) in [5.74, 6) is 2.50. The van der Waals surface area contributed by atoms with Gasteiger partial charge < -0.3 is 0 Å². The molecule has 0 bridgehead atoms. The predicted molar refractivity (Wildman–Crippen MR) is 90.9 cm³/mol. The molecule has 6 atom stereocenters. The van der Waals surface area contributed by atoms with E-state index in [0.717, 1.165) is 30.6 Å². The molecule has 22 heavy (non-hydrogen) atoms. The highest BCUT2D eigenvalue weighted by atomic mass is 35.5. The highest BCUT2D eigenvalue weighted by Crippen LogP contribution is 2.65. The van der Waals surface area contributed by atoms with E-state index in [4.69, 9.17) is 11.6 Å². The summed E-state index contributed by atoms with van der Waals surface area (Å²) in [4.78, 5) is 11.9. The maximum atomic E-state index is 11.9. The van der Waals surface area contributed by atoms with Crippen LogP contribution in [-0.2, 0) is 4.79 Å². The minimum Gasteiger partial charge on any atom is -0.295 e. The first kappa shape index (κ1) is 15.0. The molecule has 0 amide bonds. The van der Waals surface area contributed by atoms with Crippen molar-refractivity contribution >= 4 is 17.4 Å². The lowest BCUT2D eigenvalue weighted by molar-refractivity contribution is -0.117. The van der Waals surface area contributed by atoms with E-state index in [-0.39, 0.29) is 16.6 Å². The van der Waals surface area contributed by atoms with Gasteiger partial charge in [-0.3, -0.25) is 4.79 Å². The van der Waals surface area contributed by atoms with E-state index >= 15 is 0 Å². The topological polar surface area (TPSA) is 17.1 Å². The molecule has 4 rings (SSSR count). The maximum absolute atomic E-state index is 11.9. The number of alkyl halides is 1. The summed E-state index contributed by atoms with van der Waals surface area (Å²) in [6.45, 7) is 7.16. The number of halogens is 1. The van der Waals surface area contributed by atoms with Gasteiger partial charge in [0.1, 0.15) is 0 Å². The third kappa shape index (κ3) is 1.94. The Labute approximate surface area is 139 Å². The number of carbonyl (C=O) groups excluding carboxylic acids is 1. The Morgan fingerprint density at radius 1 is 1.23 bits per heavy atom. The largest absolute Gasteiger partial charge is 0.295 e. The molecule has 2 saturated carbocycles. The molecule has 2 fully saturated rings. The predicted octanol–water partition coefficient (Wildman–Crippen LogP) is 5.29. The smallest absolute Gasteiger partial charge is 0.155 e. The van der Waals surface area contributed by atoms with Crippen molar-refractivity contribution < 1.29 is 4.79 Å². The van der Waals surface area contributed by atoms with Gasteiger partial charge in [-0.1, -0.05) is 25.5 Å². The van der Waals surface area contributed by atoms with E-state index in [1.165, 1.54) is 24.8 Å². The first-order valence-electron chi connectivity index (χ1n) is 8.91. The molecular formula is C20H27ClO. The van der Waals surface area contributed by atoms with Crippen molar-refractivity contribution in [2.45, 2.75) is 64.7 Å². The summed E-state index contributed by atoms with van der Waals surface area (Å²) in [6.07, 6.45) is 11.1. The Bertz CT molecular complexity index is 589. The number of carbonyl (C=O) groups is 1. The van der Waals surface area contributed by atoms with E-state index in [2.05, 4.69) is 26.8 Å². The van der Waals surface area contributed by atoms with Crippen molar-refractivity contribution in [3.05, 3.63) is 23.3 Å². The number of ketones is 1. The van der Waals surface area contributed by atoms with Crippen molar-refractivity contribution in [1.29, 1.82) is 0 Å². The van der Waals surface area contributed by atoms with E-state index in [1.54, 1.807) is 5.57 Å². The lowest BCUT2D eigenvalue weighted by Crippen LogP contribution is -2.52. The lowest BCUT2D eigenvalue weighted by atomic mass is 9.47. The van der Waals surface area contributed by atoms with Crippen LogP contribution >= 0.6 is 11.6 Å². The van der Waals surface area contributed by atoms with Crippen LogP contribution in [0.4, 0.5) is 0 Å². The van der Waals surface area contributed by atoms with Gasteiger partial charge in [0.25, 0.3) is 0 Å². The molecule has 120 valence electrons. The van der Waals surface area contributed by atoms with Crippen LogP contribution in [0.15, 0.2) is 23.3 Å². The van der Waals surface area contributed by atoms with Crippen LogP contribution in [0.25, 0.3) is 0 Å². The fourth-order valence-electron chi connectivity index (χ4n) is 6.44. The SMILES string of the molecule is CC1=C[C@@]2(C)CCC3C(C[C@@H](Cl)C4=CC(=O)CC[C@@]43C)C2C1. The molecule has 0 heterocycles. The van der Waals surface area contributed by atoms with Crippen LogP contribution < -0.4 is 0 Å². The molecule has 0 aromatic heterocycles. The van der Waals surface area contributed by atoms with Crippen LogP contribution in [0.3, 0.4) is 0 Å². The monoisotopic (exact) mass is 318 g/mol. The van der Waals surface area contributed by atoms with Crippen molar-refractivity contribution in [2.24, 2.45) is 28.6 Å². The molecular weight excluding hydrogens is 292 g/mol. The second-order valence-electron chi connectivity index (χ2n) is 8.80. The van der Waals surface area contributed by atoms with Gasteiger partial charge in [0.05, 0.1) is 5.38 Å². The molecule has 0 saturated heterocycles. The van der Waals surface area contributed by atoms with Crippen molar-refractivity contribution in [1.82, 2.24) is 0 Å². The molecule has 3 unspecified atom stereocenters. The third-order valence-corrected chi connectivity index (χ3v) is 7.91. The summed E-state index contributed by atoms with van der Waals surface area (Å²) in [5, 5.41) is 0.0683. The van der Waals surface area contributed by atoms with E-state index in [1.807, 2.05) is 6.08 Å². The van der Waals surface area contributed by atoms with Gasteiger partial charge in [-0.2, -0.15) is 0 Å². The Morgan fingerprint density at radius 2 is 2.00 bits per heavy atom. The average molecular weight is 319 g/mol. The Kier molecular flexibility index (Phi) is 3.22. The fourth-order valence-corrected chi connectivity index (χ4v) is 6.96. The molecule has 0 N–H and O–H groups in total. The number of fused-ring (bicyclic) bond motifs is 5. The number of hydrogen-bond donors (Lipinski definition) is 0. The Balaban J connectivity index is 1.73. The quantitative estimate of drug-likeness (QED) is 0.438. The zero-order chi connectivity index (χ0) is 15.7. The van der Waals surface area contributed by atoms with Crippen LogP contribution in [0.5, 0.6) is 0 Å². The third-order valence-electron chi connectivity index (χ3n) is 7.49. The Morgan fingerprint density at radius 3 is 2.77 bits per heavy atom. The van der Waals surface area contributed by atoms with Crippen molar-refractivity contribution in [3.63, 3.8) is 0 Å². The maximum Gasteiger partial charge on any atom is 0.155 e. The van der Waals surface area contributed by atoms with Crippen LogP contribution in [0, 0.1) is 28.6 Å². The van der Waals surface area contributed by atoms with Gasteiger partial charge >= 0.3 is 0 Å². The van der Waals surface area contributed by atoms with Crippen LogP contribution in [0.2, 0.25) is 0 Å². The first-order valence-corrected chi connectivity index (χ1v) is 9.34. The molecule has 0 aromatic rings. The average Bonchev–Trinajstić information content (AvgIpc) is 2.76. The standard InChI is InChI=1S/C20H27ClO/c1-12-8-16-14-10-18(21)17-9-13(22)4-7-20(17,3)15(14)5-6-19(16,2)11-12/h9,11,14-16,18H,4-8,10H2,1-3H3/t14?,15?,16?,18-,19-,20-/m1/s1. The van der Waals surface area contributed by atoms with Gasteiger partial charge in [0.15, 0.2) is 5.78 Å². The summed E-state index contributed by atoms with van der Waals surface area (Å²) < 4.78 is 0. The minimum absolute atomic E-state index is 0.0683. The second-order valence-corrected chi connectivity index (χ2v) is 9.33. The van der Waals surface area contributed by atoms with Gasteiger partial charge in [-0.15, -0.1) is 11.6 Å². The van der Waals surface area contributed by atoms with E-state index in [0.29, 0.717) is 11.8 Å². The summed E-state index contributed by atoms with van der Waals surface area (Å²) in [6, 6.07) is 0. The normalized spacial score (nSPS) is 50.6. The van der Waals surface area contributed by atoms with Crippen molar-refractivity contribution in [2.75, 3.05) is 0 Å². The molecule has 4 aliphatic carbocycles. The lowest BCUT2D eigenvalue weighted by Gasteiger charge is -2.58. The van der Waals surface area contributed by atoms with Crippen LogP contribution in [0.1, 0.15) is 59.3 Å². The van der Waals surface area contributed by atoms with Gasteiger partial charge in [-0.05, 0) is 79.3 Å². The fraction of sp³-hybridized carbons (Fsp3) is 0.750. The van der Waals surface area contributed by atoms with Gasteiger partial charge in [-0.25, -0.2) is 0 Å². The molecule has 2 heteroatoms. The minimum atomic E-state index is 0.0683. The van der Waals surface area contributed by atoms with Gasteiger partial charge in [0, 0.05) is 6.42 Å². The number of rotatable bonds is 0. The zero-order valence-corrected chi connectivity index (χ0v) is 14.7. The van der Waals surface area contributed by atoms with Crippen molar-refractivity contribution in [3.8, 4) is 0 Å². The molecule has 0 aliphatic heterocycles. The molecule has 0 spiro atoms. The molecule has 0 radical (unpaired) electrons. The highest BCUT2D eigenvalue weighted by Gasteiger charge is 2.57. The molecule has 1 nitrogen and oxygen atoms in total.